The molecular weight excluding hydrogens is 262 g/mol. The van der Waals surface area contributed by atoms with E-state index >= 15 is 0 Å². The van der Waals surface area contributed by atoms with Gasteiger partial charge in [-0.05, 0) is 13.8 Å². The molecule has 112 valence electrons. The third kappa shape index (κ3) is 6.17. The zero-order valence-corrected chi connectivity index (χ0v) is 12.1. The maximum absolute atomic E-state index is 11.8. The Kier molecular flexibility index (Phi) is 7.96. The molecule has 2 atom stereocenters. The molecule has 0 N–H and O–H groups in total. The van der Waals surface area contributed by atoms with E-state index in [4.69, 9.17) is 9.47 Å². The quantitative estimate of drug-likeness (QED) is 0.700. The van der Waals surface area contributed by atoms with Gasteiger partial charge in [0, 0.05) is 19.8 Å². The number of ether oxygens (including phenoxy) is 2. The maximum Gasteiger partial charge on any atom is 0.426 e. The van der Waals surface area contributed by atoms with E-state index in [-0.39, 0.29) is 0 Å². The van der Waals surface area contributed by atoms with Gasteiger partial charge in [0.2, 0.25) is 5.91 Å². The maximum atomic E-state index is 11.8. The molecule has 0 aliphatic heterocycles. The largest absolute Gasteiger partial charge is 0.445 e. The Hall–Kier alpha value is -2.11. The Morgan fingerprint density at radius 1 is 1.00 bits per heavy atom. The molecule has 0 rings (SSSR count). The molecule has 2 unspecified atom stereocenters. The van der Waals surface area contributed by atoms with Crippen molar-refractivity contribution in [1.29, 1.82) is 0 Å². The van der Waals surface area contributed by atoms with E-state index in [1.807, 2.05) is 0 Å². The van der Waals surface area contributed by atoms with Crippen molar-refractivity contribution in [2.75, 3.05) is 0 Å². The SMILES string of the molecule is C=CCC(C)OC(=O)N(C(C)=O)C(=O)OC(C)CC=C. The second kappa shape index (κ2) is 8.90. The highest BCUT2D eigenvalue weighted by atomic mass is 16.6. The van der Waals surface area contributed by atoms with Gasteiger partial charge in [-0.3, -0.25) is 4.79 Å². The lowest BCUT2D eigenvalue weighted by Gasteiger charge is -2.21. The van der Waals surface area contributed by atoms with Crippen molar-refractivity contribution >= 4 is 18.1 Å². The Morgan fingerprint density at radius 3 is 1.60 bits per heavy atom. The molecular formula is C14H21NO5. The number of carbonyl (C=O) groups excluding carboxylic acids is 3. The third-order valence-corrected chi connectivity index (χ3v) is 2.28. The van der Waals surface area contributed by atoms with Crippen molar-refractivity contribution in [2.24, 2.45) is 0 Å². The Bertz CT molecular complexity index is 361. The van der Waals surface area contributed by atoms with Crippen molar-refractivity contribution < 1.29 is 23.9 Å². The summed E-state index contributed by atoms with van der Waals surface area (Å²) in [5, 5.41) is 0. The molecule has 6 nitrogen and oxygen atoms in total. The first-order valence-corrected chi connectivity index (χ1v) is 6.27. The van der Waals surface area contributed by atoms with Gasteiger partial charge in [-0.1, -0.05) is 12.2 Å². The van der Waals surface area contributed by atoms with Gasteiger partial charge in [0.05, 0.1) is 0 Å². The lowest BCUT2D eigenvalue weighted by molar-refractivity contribution is -0.126. The van der Waals surface area contributed by atoms with Crippen LogP contribution in [0.3, 0.4) is 0 Å². The van der Waals surface area contributed by atoms with Crippen LogP contribution in [-0.2, 0) is 14.3 Å². The van der Waals surface area contributed by atoms with Crippen LogP contribution in [0.15, 0.2) is 25.3 Å². The van der Waals surface area contributed by atoms with Crippen LogP contribution in [0.5, 0.6) is 0 Å². The van der Waals surface area contributed by atoms with Crippen molar-refractivity contribution in [3.8, 4) is 0 Å². The van der Waals surface area contributed by atoms with E-state index in [0.717, 1.165) is 6.92 Å². The number of rotatable bonds is 6. The Labute approximate surface area is 119 Å². The molecule has 0 aromatic rings. The fourth-order valence-electron chi connectivity index (χ4n) is 1.35. The van der Waals surface area contributed by atoms with Crippen molar-refractivity contribution in [3.05, 3.63) is 25.3 Å². The molecule has 0 aromatic heterocycles. The number of hydrogen-bond donors (Lipinski definition) is 0. The van der Waals surface area contributed by atoms with E-state index in [0.29, 0.717) is 17.7 Å². The highest BCUT2D eigenvalue weighted by Crippen LogP contribution is 2.08. The molecule has 20 heavy (non-hydrogen) atoms. The summed E-state index contributed by atoms with van der Waals surface area (Å²) in [4.78, 5) is 35.3. The normalized spacial score (nSPS) is 12.8. The van der Waals surface area contributed by atoms with E-state index in [1.165, 1.54) is 0 Å². The van der Waals surface area contributed by atoms with Crippen LogP contribution in [0.25, 0.3) is 0 Å². The topological polar surface area (TPSA) is 72.9 Å². The fraction of sp³-hybridized carbons (Fsp3) is 0.500. The predicted molar refractivity (Wildman–Crippen MR) is 74.0 cm³/mol. The van der Waals surface area contributed by atoms with Gasteiger partial charge in [0.1, 0.15) is 12.2 Å². The van der Waals surface area contributed by atoms with Crippen LogP contribution >= 0.6 is 0 Å². The summed E-state index contributed by atoms with van der Waals surface area (Å²) in [6.45, 7) is 11.4. The van der Waals surface area contributed by atoms with Crippen molar-refractivity contribution in [2.45, 2.75) is 45.8 Å². The van der Waals surface area contributed by atoms with Gasteiger partial charge in [-0.25, -0.2) is 9.59 Å². The summed E-state index contributed by atoms with van der Waals surface area (Å²) in [7, 11) is 0. The minimum atomic E-state index is -1.05. The van der Waals surface area contributed by atoms with Crippen LogP contribution in [0.2, 0.25) is 0 Å². The van der Waals surface area contributed by atoms with Gasteiger partial charge < -0.3 is 9.47 Å². The first-order chi connectivity index (χ1) is 9.33. The third-order valence-electron chi connectivity index (χ3n) is 2.28. The number of nitrogens with zero attached hydrogens (tertiary/aromatic N) is 1. The minimum absolute atomic E-state index is 0.333. The van der Waals surface area contributed by atoms with Crippen LogP contribution in [0, 0.1) is 0 Å². The van der Waals surface area contributed by atoms with E-state index in [9.17, 15) is 14.4 Å². The predicted octanol–water partition coefficient (Wildman–Crippen LogP) is 3.04. The Morgan fingerprint density at radius 2 is 1.35 bits per heavy atom. The standard InChI is InChI=1S/C14H21NO5/c1-6-8-10(3)19-13(17)15(12(5)16)14(18)20-11(4)9-7-2/h6-7,10-11H,1-2,8-9H2,3-5H3. The molecule has 6 heteroatoms. The monoisotopic (exact) mass is 283 g/mol. The highest BCUT2D eigenvalue weighted by Gasteiger charge is 2.30. The first kappa shape index (κ1) is 17.9. The summed E-state index contributed by atoms with van der Waals surface area (Å²) < 4.78 is 9.90. The number of hydrogen-bond acceptors (Lipinski definition) is 5. The van der Waals surface area contributed by atoms with E-state index in [2.05, 4.69) is 13.2 Å². The van der Waals surface area contributed by atoms with Crippen LogP contribution in [-0.4, -0.2) is 35.2 Å². The van der Waals surface area contributed by atoms with Gasteiger partial charge in [-0.15, -0.1) is 18.1 Å². The fourth-order valence-corrected chi connectivity index (χ4v) is 1.35. The first-order valence-electron chi connectivity index (χ1n) is 6.27. The summed E-state index contributed by atoms with van der Waals surface area (Å²) in [6, 6.07) is 0. The number of amides is 3. The summed E-state index contributed by atoms with van der Waals surface area (Å²) >= 11 is 0. The second-order valence-electron chi connectivity index (χ2n) is 4.29. The van der Waals surface area contributed by atoms with Gasteiger partial charge in [-0.2, -0.15) is 0 Å². The molecule has 0 spiro atoms. The molecule has 0 aromatic carbocycles. The Balaban J connectivity index is 4.74. The molecule has 3 amide bonds. The minimum Gasteiger partial charge on any atom is -0.445 e. The molecule has 0 aliphatic rings. The molecule has 0 saturated carbocycles. The summed E-state index contributed by atoms with van der Waals surface area (Å²) in [5.74, 6) is -0.767. The smallest absolute Gasteiger partial charge is 0.426 e. The van der Waals surface area contributed by atoms with E-state index < -0.39 is 30.3 Å². The van der Waals surface area contributed by atoms with Crippen molar-refractivity contribution in [1.82, 2.24) is 4.90 Å². The van der Waals surface area contributed by atoms with Gasteiger partial charge in [0.15, 0.2) is 0 Å². The average molecular weight is 283 g/mol. The van der Waals surface area contributed by atoms with Crippen LogP contribution in [0.1, 0.15) is 33.6 Å². The average Bonchev–Trinajstić information content (AvgIpc) is 2.28. The van der Waals surface area contributed by atoms with E-state index in [1.54, 1.807) is 26.0 Å². The van der Waals surface area contributed by atoms with Crippen LogP contribution < -0.4 is 0 Å². The molecule has 0 aliphatic carbocycles. The number of carbonyl (C=O) groups is 3. The second-order valence-corrected chi connectivity index (χ2v) is 4.29. The summed E-state index contributed by atoms with van der Waals surface area (Å²) in [5.41, 5.74) is 0. The van der Waals surface area contributed by atoms with Crippen molar-refractivity contribution in [3.63, 3.8) is 0 Å². The zero-order chi connectivity index (χ0) is 15.7. The number of imide groups is 3. The lowest BCUT2D eigenvalue weighted by Crippen LogP contribution is -2.43. The molecule has 0 saturated heterocycles. The molecule has 0 heterocycles. The zero-order valence-electron chi connectivity index (χ0n) is 12.1. The highest BCUT2D eigenvalue weighted by molar-refractivity contribution is 6.05. The van der Waals surface area contributed by atoms with Gasteiger partial charge >= 0.3 is 12.2 Å². The molecule has 0 bridgehead atoms. The molecule has 0 radical (unpaired) electrons. The lowest BCUT2D eigenvalue weighted by atomic mass is 10.3. The summed E-state index contributed by atoms with van der Waals surface area (Å²) in [6.07, 6.45) is 0.894. The van der Waals surface area contributed by atoms with Gasteiger partial charge in [0.25, 0.3) is 0 Å². The molecule has 0 fully saturated rings. The van der Waals surface area contributed by atoms with Crippen LogP contribution in [0.4, 0.5) is 9.59 Å².